The van der Waals surface area contributed by atoms with Crippen LogP contribution in [0.25, 0.3) is 20.4 Å². The van der Waals surface area contributed by atoms with Crippen molar-refractivity contribution in [1.29, 1.82) is 0 Å². The standard InChI is InChI=1S/C24H26N6O2S2/c31-21(29-23-27-17-8-1-3-10-19(17)33-23)25-13-15-6-5-7-16(12-15)14-26-22(32)30-24-28-18-9-2-4-11-20(18)34-24/h1-4,8-11,15-16H,5-7,12-14H2,(H2,25,27,29,31)(H2,26,28,30,32)/t15-,16-/m1/s1. The smallest absolute Gasteiger partial charge is 0.321 e. The van der Waals surface area contributed by atoms with Crippen LogP contribution < -0.4 is 21.3 Å². The number of rotatable bonds is 6. The van der Waals surface area contributed by atoms with Crippen LogP contribution in [-0.2, 0) is 0 Å². The molecule has 0 radical (unpaired) electrons. The fourth-order valence-electron chi connectivity index (χ4n) is 4.38. The minimum atomic E-state index is -0.227. The number of hydrogen-bond acceptors (Lipinski definition) is 6. The van der Waals surface area contributed by atoms with Gasteiger partial charge >= 0.3 is 12.1 Å². The molecule has 34 heavy (non-hydrogen) atoms. The van der Waals surface area contributed by atoms with E-state index in [0.29, 0.717) is 35.2 Å². The lowest BCUT2D eigenvalue weighted by molar-refractivity contribution is 0.230. The van der Waals surface area contributed by atoms with Crippen molar-refractivity contribution >= 4 is 65.4 Å². The van der Waals surface area contributed by atoms with Crippen molar-refractivity contribution in [3.63, 3.8) is 0 Å². The summed E-state index contributed by atoms with van der Waals surface area (Å²) >= 11 is 2.93. The first kappa shape index (κ1) is 22.5. The SMILES string of the molecule is O=C(NC[C@@H]1CCC[C@@H](CNC(=O)Nc2nc3ccccc3s2)C1)Nc1nc2ccccc2s1. The summed E-state index contributed by atoms with van der Waals surface area (Å²) in [5.41, 5.74) is 1.77. The molecule has 0 spiro atoms. The number of urea groups is 2. The molecule has 2 atom stereocenters. The Kier molecular flexibility index (Phi) is 6.87. The fourth-order valence-corrected chi connectivity index (χ4v) is 6.10. The Balaban J connectivity index is 1.04. The number of nitrogens with one attached hydrogen (secondary N) is 4. The van der Waals surface area contributed by atoms with Gasteiger partial charge < -0.3 is 10.6 Å². The number of anilines is 2. The van der Waals surface area contributed by atoms with Crippen molar-refractivity contribution in [2.75, 3.05) is 23.7 Å². The summed E-state index contributed by atoms with van der Waals surface area (Å²) in [5, 5.41) is 12.9. The van der Waals surface area contributed by atoms with Crippen molar-refractivity contribution in [3.05, 3.63) is 48.5 Å². The molecule has 2 aromatic carbocycles. The van der Waals surface area contributed by atoms with Gasteiger partial charge in [-0.1, -0.05) is 53.4 Å². The van der Waals surface area contributed by atoms with Gasteiger partial charge in [0.15, 0.2) is 10.3 Å². The van der Waals surface area contributed by atoms with E-state index < -0.39 is 0 Å². The first-order valence-electron chi connectivity index (χ1n) is 11.4. The van der Waals surface area contributed by atoms with Gasteiger partial charge in [0, 0.05) is 13.1 Å². The molecule has 4 N–H and O–H groups in total. The summed E-state index contributed by atoms with van der Waals surface area (Å²) in [6.45, 7) is 1.23. The van der Waals surface area contributed by atoms with E-state index in [-0.39, 0.29) is 12.1 Å². The van der Waals surface area contributed by atoms with Crippen LogP contribution in [0, 0.1) is 11.8 Å². The Labute approximate surface area is 205 Å². The lowest BCUT2D eigenvalue weighted by Gasteiger charge is -2.29. The van der Waals surface area contributed by atoms with Crippen molar-refractivity contribution in [1.82, 2.24) is 20.6 Å². The van der Waals surface area contributed by atoms with Gasteiger partial charge in [-0.25, -0.2) is 19.6 Å². The number of para-hydroxylation sites is 2. The average Bonchev–Trinajstić information content (AvgIpc) is 3.44. The molecule has 0 aliphatic heterocycles. The van der Waals surface area contributed by atoms with Crippen molar-refractivity contribution in [2.45, 2.75) is 25.7 Å². The minimum Gasteiger partial charge on any atom is -0.338 e. The lowest BCUT2D eigenvalue weighted by Crippen LogP contribution is -2.38. The Bertz CT molecular complexity index is 1140. The third-order valence-electron chi connectivity index (χ3n) is 6.02. The molecule has 5 rings (SSSR count). The number of carbonyl (C=O) groups excluding carboxylic acids is 2. The van der Waals surface area contributed by atoms with Crippen LogP contribution in [0.3, 0.4) is 0 Å². The summed E-state index contributed by atoms with van der Waals surface area (Å²) in [5.74, 6) is 0.794. The van der Waals surface area contributed by atoms with Crippen LogP contribution in [0.5, 0.6) is 0 Å². The van der Waals surface area contributed by atoms with E-state index in [4.69, 9.17) is 0 Å². The molecule has 176 valence electrons. The first-order chi connectivity index (χ1) is 16.6. The number of nitrogens with zero attached hydrogens (tertiary/aromatic N) is 2. The van der Waals surface area contributed by atoms with Crippen LogP contribution in [0.15, 0.2) is 48.5 Å². The molecule has 4 amide bonds. The van der Waals surface area contributed by atoms with Crippen LogP contribution in [-0.4, -0.2) is 35.1 Å². The second-order valence-corrected chi connectivity index (χ2v) is 10.6. The molecule has 8 nitrogen and oxygen atoms in total. The van der Waals surface area contributed by atoms with E-state index in [1.54, 1.807) is 0 Å². The average molecular weight is 495 g/mol. The van der Waals surface area contributed by atoms with Crippen molar-refractivity contribution in [3.8, 4) is 0 Å². The third kappa shape index (κ3) is 5.63. The first-order valence-corrected chi connectivity index (χ1v) is 13.1. The molecule has 1 fully saturated rings. The molecule has 10 heteroatoms. The second-order valence-electron chi connectivity index (χ2n) is 8.54. The predicted molar refractivity (Wildman–Crippen MR) is 139 cm³/mol. The zero-order chi connectivity index (χ0) is 23.3. The number of carbonyl (C=O) groups is 2. The molecule has 2 aromatic heterocycles. The molecule has 0 unspecified atom stereocenters. The highest BCUT2D eigenvalue weighted by molar-refractivity contribution is 7.22. The topological polar surface area (TPSA) is 108 Å². The maximum Gasteiger partial charge on any atom is 0.321 e. The van der Waals surface area contributed by atoms with Gasteiger partial charge in [0.1, 0.15) is 0 Å². The number of hydrogen-bond donors (Lipinski definition) is 4. The Morgan fingerprint density at radius 3 is 1.71 bits per heavy atom. The molecular weight excluding hydrogens is 468 g/mol. The van der Waals surface area contributed by atoms with Crippen molar-refractivity contribution < 1.29 is 9.59 Å². The summed E-state index contributed by atoms with van der Waals surface area (Å²) in [6.07, 6.45) is 4.23. The fraction of sp³-hybridized carbons (Fsp3) is 0.333. The van der Waals surface area contributed by atoms with Gasteiger partial charge in [0.2, 0.25) is 0 Å². The maximum atomic E-state index is 12.3. The van der Waals surface area contributed by atoms with E-state index in [2.05, 4.69) is 31.2 Å². The van der Waals surface area contributed by atoms with Crippen LogP contribution in [0.4, 0.5) is 19.9 Å². The summed E-state index contributed by atoms with van der Waals surface area (Å²) < 4.78 is 2.10. The molecule has 1 saturated carbocycles. The van der Waals surface area contributed by atoms with Gasteiger partial charge in [0.05, 0.1) is 20.4 Å². The van der Waals surface area contributed by atoms with Gasteiger partial charge in [-0.3, -0.25) is 10.6 Å². The number of thiazole rings is 2. The predicted octanol–water partition coefficient (Wildman–Crippen LogP) is 5.66. The zero-order valence-corrected chi connectivity index (χ0v) is 20.2. The van der Waals surface area contributed by atoms with Gasteiger partial charge in [-0.05, 0) is 55.4 Å². The Morgan fingerprint density at radius 2 is 1.24 bits per heavy atom. The van der Waals surface area contributed by atoms with E-state index >= 15 is 0 Å². The number of fused-ring (bicyclic) bond motifs is 2. The van der Waals surface area contributed by atoms with E-state index in [1.165, 1.54) is 22.7 Å². The highest BCUT2D eigenvalue weighted by Gasteiger charge is 2.23. The molecule has 0 saturated heterocycles. The van der Waals surface area contributed by atoms with Crippen LogP contribution in [0.1, 0.15) is 25.7 Å². The van der Waals surface area contributed by atoms with Gasteiger partial charge in [-0.2, -0.15) is 0 Å². The lowest BCUT2D eigenvalue weighted by atomic mass is 9.81. The summed E-state index contributed by atoms with van der Waals surface area (Å²) in [6, 6.07) is 15.2. The molecule has 2 heterocycles. The van der Waals surface area contributed by atoms with Gasteiger partial charge in [0.25, 0.3) is 0 Å². The highest BCUT2D eigenvalue weighted by atomic mass is 32.1. The van der Waals surface area contributed by atoms with Gasteiger partial charge in [-0.15, -0.1) is 0 Å². The number of aromatic nitrogens is 2. The third-order valence-corrected chi connectivity index (χ3v) is 7.93. The number of benzene rings is 2. The Morgan fingerprint density at radius 1 is 0.765 bits per heavy atom. The molecule has 1 aliphatic carbocycles. The normalized spacial score (nSPS) is 18.0. The molecule has 1 aliphatic rings. The van der Waals surface area contributed by atoms with E-state index in [1.807, 2.05) is 48.5 Å². The van der Waals surface area contributed by atoms with Crippen molar-refractivity contribution in [2.24, 2.45) is 11.8 Å². The molecular formula is C24H26N6O2S2. The summed E-state index contributed by atoms with van der Waals surface area (Å²) in [4.78, 5) is 33.6. The number of amides is 4. The van der Waals surface area contributed by atoms with Crippen LogP contribution in [0.2, 0.25) is 0 Å². The monoisotopic (exact) mass is 494 g/mol. The molecule has 4 aromatic rings. The minimum absolute atomic E-state index is 0.227. The maximum absolute atomic E-state index is 12.3. The summed E-state index contributed by atoms with van der Waals surface area (Å²) in [7, 11) is 0. The second kappa shape index (κ2) is 10.4. The molecule has 0 bridgehead atoms. The largest absolute Gasteiger partial charge is 0.338 e. The highest BCUT2D eigenvalue weighted by Crippen LogP contribution is 2.29. The zero-order valence-electron chi connectivity index (χ0n) is 18.5. The van der Waals surface area contributed by atoms with E-state index in [0.717, 1.165) is 46.1 Å². The van der Waals surface area contributed by atoms with Crippen LogP contribution >= 0.6 is 22.7 Å². The van der Waals surface area contributed by atoms with E-state index in [9.17, 15) is 9.59 Å². The Hall–Kier alpha value is -3.24. The quantitative estimate of drug-likeness (QED) is 0.277.